The lowest BCUT2D eigenvalue weighted by Crippen LogP contribution is -2.42. The molecular weight excluding hydrogens is 172 g/mol. The largest absolute Gasteiger partial charge is 0.315 e. The lowest BCUT2D eigenvalue weighted by molar-refractivity contribution is 0.146. The lowest BCUT2D eigenvalue weighted by atomic mass is 9.95. The van der Waals surface area contributed by atoms with Crippen molar-refractivity contribution in [1.82, 2.24) is 10.2 Å². The fourth-order valence-electron chi connectivity index (χ4n) is 2.24. The molecule has 1 saturated heterocycles. The Morgan fingerprint density at radius 2 is 2.07 bits per heavy atom. The molecule has 2 heteroatoms. The summed E-state index contributed by atoms with van der Waals surface area (Å²) in [4.78, 5) is 2.67. The fraction of sp³-hybridized carbons (Fsp3) is 1.00. The van der Waals surface area contributed by atoms with E-state index in [1.807, 2.05) is 0 Å². The zero-order chi connectivity index (χ0) is 10.6. The van der Waals surface area contributed by atoms with E-state index in [1.165, 1.54) is 39.0 Å². The molecule has 2 nitrogen and oxygen atoms in total. The molecule has 84 valence electrons. The van der Waals surface area contributed by atoms with Crippen LogP contribution in [0.3, 0.4) is 0 Å². The van der Waals surface area contributed by atoms with Crippen molar-refractivity contribution in [3.05, 3.63) is 0 Å². The fourth-order valence-corrected chi connectivity index (χ4v) is 2.24. The van der Waals surface area contributed by atoms with Crippen LogP contribution in [0.25, 0.3) is 0 Å². The van der Waals surface area contributed by atoms with Gasteiger partial charge in [0.1, 0.15) is 0 Å². The normalized spacial score (nSPS) is 23.4. The molecule has 1 heterocycles. The third-order valence-corrected chi connectivity index (χ3v) is 2.74. The Labute approximate surface area is 89.1 Å². The number of hydrogen-bond acceptors (Lipinski definition) is 2. The minimum Gasteiger partial charge on any atom is -0.315 e. The summed E-state index contributed by atoms with van der Waals surface area (Å²) in [5, 5.41) is 3.46. The SMILES string of the molecule is CCCN(CC(C)(C)C)C1CCNC1. The molecule has 1 unspecified atom stereocenters. The highest BCUT2D eigenvalue weighted by atomic mass is 15.2. The zero-order valence-electron chi connectivity index (χ0n) is 10.3. The Balaban J connectivity index is 2.45. The van der Waals surface area contributed by atoms with Gasteiger partial charge in [-0.25, -0.2) is 0 Å². The summed E-state index contributed by atoms with van der Waals surface area (Å²) < 4.78 is 0. The first-order valence-electron chi connectivity index (χ1n) is 5.97. The molecule has 1 fully saturated rings. The van der Waals surface area contributed by atoms with E-state index in [0.717, 1.165) is 6.04 Å². The lowest BCUT2D eigenvalue weighted by Gasteiger charge is -2.34. The molecule has 14 heavy (non-hydrogen) atoms. The average molecular weight is 198 g/mol. The summed E-state index contributed by atoms with van der Waals surface area (Å²) >= 11 is 0. The Morgan fingerprint density at radius 3 is 2.50 bits per heavy atom. The topological polar surface area (TPSA) is 15.3 Å². The number of rotatable bonds is 4. The summed E-state index contributed by atoms with van der Waals surface area (Å²) in [5.74, 6) is 0. The van der Waals surface area contributed by atoms with Crippen molar-refractivity contribution in [3.8, 4) is 0 Å². The number of nitrogens with zero attached hydrogens (tertiary/aromatic N) is 1. The third kappa shape index (κ3) is 3.97. The molecule has 0 aromatic carbocycles. The van der Waals surface area contributed by atoms with Crippen molar-refractivity contribution in [2.24, 2.45) is 5.41 Å². The number of nitrogens with one attached hydrogen (secondary N) is 1. The smallest absolute Gasteiger partial charge is 0.0232 e. The van der Waals surface area contributed by atoms with Crippen LogP contribution >= 0.6 is 0 Å². The van der Waals surface area contributed by atoms with Gasteiger partial charge in [-0.15, -0.1) is 0 Å². The first-order chi connectivity index (χ1) is 6.53. The molecule has 0 aromatic rings. The van der Waals surface area contributed by atoms with Gasteiger partial charge in [0.2, 0.25) is 0 Å². The standard InChI is InChI=1S/C12H26N2/c1-5-8-14(10-12(2,3)4)11-6-7-13-9-11/h11,13H,5-10H2,1-4H3. The van der Waals surface area contributed by atoms with Crippen LogP contribution < -0.4 is 5.32 Å². The second-order valence-corrected chi connectivity index (χ2v) is 5.68. The molecule has 0 saturated carbocycles. The molecule has 1 N–H and O–H groups in total. The Hall–Kier alpha value is -0.0800. The van der Waals surface area contributed by atoms with Crippen LogP contribution in [-0.4, -0.2) is 37.1 Å². The van der Waals surface area contributed by atoms with Crippen LogP contribution in [0.2, 0.25) is 0 Å². The van der Waals surface area contributed by atoms with E-state index >= 15 is 0 Å². The highest BCUT2D eigenvalue weighted by Gasteiger charge is 2.25. The monoisotopic (exact) mass is 198 g/mol. The molecule has 1 rings (SSSR count). The Bertz CT molecular complexity index is 154. The van der Waals surface area contributed by atoms with Crippen LogP contribution in [-0.2, 0) is 0 Å². The summed E-state index contributed by atoms with van der Waals surface area (Å²) in [6.45, 7) is 14.1. The van der Waals surface area contributed by atoms with Gasteiger partial charge in [-0.1, -0.05) is 27.7 Å². The van der Waals surface area contributed by atoms with Crippen molar-refractivity contribution in [2.75, 3.05) is 26.2 Å². The minimum atomic E-state index is 0.428. The molecule has 0 aromatic heterocycles. The van der Waals surface area contributed by atoms with Crippen LogP contribution in [0.15, 0.2) is 0 Å². The van der Waals surface area contributed by atoms with Gasteiger partial charge < -0.3 is 5.32 Å². The molecule has 0 amide bonds. The minimum absolute atomic E-state index is 0.428. The van der Waals surface area contributed by atoms with Gasteiger partial charge in [-0.2, -0.15) is 0 Å². The van der Waals surface area contributed by atoms with Gasteiger partial charge in [0.15, 0.2) is 0 Å². The molecule has 1 atom stereocenters. The predicted octanol–water partition coefficient (Wildman–Crippen LogP) is 2.11. The molecule has 0 radical (unpaired) electrons. The molecular formula is C12H26N2. The van der Waals surface area contributed by atoms with Gasteiger partial charge in [-0.3, -0.25) is 4.90 Å². The van der Waals surface area contributed by atoms with Gasteiger partial charge in [0, 0.05) is 19.1 Å². The molecule has 0 spiro atoms. The van der Waals surface area contributed by atoms with Gasteiger partial charge in [0.25, 0.3) is 0 Å². The molecule has 0 aliphatic carbocycles. The predicted molar refractivity (Wildman–Crippen MR) is 62.6 cm³/mol. The summed E-state index contributed by atoms with van der Waals surface area (Å²) in [5.41, 5.74) is 0.428. The van der Waals surface area contributed by atoms with Crippen LogP contribution in [0.5, 0.6) is 0 Å². The first-order valence-corrected chi connectivity index (χ1v) is 5.97. The van der Waals surface area contributed by atoms with E-state index in [-0.39, 0.29) is 0 Å². The Kier molecular flexibility index (Phi) is 4.39. The van der Waals surface area contributed by atoms with E-state index in [4.69, 9.17) is 0 Å². The summed E-state index contributed by atoms with van der Waals surface area (Å²) in [6.07, 6.45) is 2.60. The Morgan fingerprint density at radius 1 is 1.36 bits per heavy atom. The first kappa shape index (κ1) is 12.0. The molecule has 1 aliphatic rings. The highest BCUT2D eigenvalue weighted by molar-refractivity contribution is 4.82. The molecule has 0 bridgehead atoms. The van der Waals surface area contributed by atoms with Crippen molar-refractivity contribution >= 4 is 0 Å². The molecule has 1 aliphatic heterocycles. The van der Waals surface area contributed by atoms with E-state index in [2.05, 4.69) is 37.9 Å². The van der Waals surface area contributed by atoms with E-state index in [0.29, 0.717) is 5.41 Å². The second-order valence-electron chi connectivity index (χ2n) is 5.68. The third-order valence-electron chi connectivity index (χ3n) is 2.74. The van der Waals surface area contributed by atoms with Crippen molar-refractivity contribution in [2.45, 2.75) is 46.6 Å². The van der Waals surface area contributed by atoms with E-state index < -0.39 is 0 Å². The maximum absolute atomic E-state index is 3.46. The van der Waals surface area contributed by atoms with E-state index in [1.54, 1.807) is 0 Å². The van der Waals surface area contributed by atoms with Gasteiger partial charge in [0.05, 0.1) is 0 Å². The maximum Gasteiger partial charge on any atom is 0.0232 e. The van der Waals surface area contributed by atoms with Gasteiger partial charge >= 0.3 is 0 Å². The zero-order valence-corrected chi connectivity index (χ0v) is 10.3. The van der Waals surface area contributed by atoms with E-state index in [9.17, 15) is 0 Å². The summed E-state index contributed by atoms with van der Waals surface area (Å²) in [6, 6.07) is 0.786. The maximum atomic E-state index is 3.46. The van der Waals surface area contributed by atoms with Crippen molar-refractivity contribution in [3.63, 3.8) is 0 Å². The van der Waals surface area contributed by atoms with Crippen LogP contribution in [0.1, 0.15) is 40.5 Å². The second kappa shape index (κ2) is 5.13. The average Bonchev–Trinajstić information content (AvgIpc) is 2.52. The quantitative estimate of drug-likeness (QED) is 0.744. The van der Waals surface area contributed by atoms with Crippen molar-refractivity contribution < 1.29 is 0 Å². The highest BCUT2D eigenvalue weighted by Crippen LogP contribution is 2.19. The number of hydrogen-bond donors (Lipinski definition) is 1. The van der Waals surface area contributed by atoms with Crippen LogP contribution in [0, 0.1) is 5.41 Å². The van der Waals surface area contributed by atoms with Gasteiger partial charge in [-0.05, 0) is 31.3 Å². The summed E-state index contributed by atoms with van der Waals surface area (Å²) in [7, 11) is 0. The van der Waals surface area contributed by atoms with Crippen molar-refractivity contribution in [1.29, 1.82) is 0 Å². The van der Waals surface area contributed by atoms with Crippen LogP contribution in [0.4, 0.5) is 0 Å².